The summed E-state index contributed by atoms with van der Waals surface area (Å²) in [6.07, 6.45) is 1.75. The Labute approximate surface area is 110 Å². The number of ether oxygens (including phenoxy) is 1. The van der Waals surface area contributed by atoms with Gasteiger partial charge in [0.15, 0.2) is 0 Å². The normalized spacial score (nSPS) is 10.6. The van der Waals surface area contributed by atoms with E-state index in [2.05, 4.69) is 15.2 Å². The van der Waals surface area contributed by atoms with Gasteiger partial charge in [0.2, 0.25) is 5.88 Å². The average Bonchev–Trinajstić information content (AvgIpc) is 2.48. The Morgan fingerprint density at radius 1 is 1.00 bits per heavy atom. The number of aromatic nitrogens is 3. The van der Waals surface area contributed by atoms with Crippen LogP contribution >= 0.6 is 0 Å². The van der Waals surface area contributed by atoms with Crippen molar-refractivity contribution < 1.29 is 4.74 Å². The average molecular weight is 252 g/mol. The molecular formula is C14H12N4O. The fourth-order valence-corrected chi connectivity index (χ4v) is 1.79. The molecule has 94 valence electrons. The zero-order valence-electron chi connectivity index (χ0n) is 10.2. The highest BCUT2D eigenvalue weighted by Crippen LogP contribution is 2.27. The van der Waals surface area contributed by atoms with E-state index >= 15 is 0 Å². The molecule has 3 aromatic rings. The lowest BCUT2D eigenvalue weighted by Crippen LogP contribution is -2.01. The lowest BCUT2D eigenvalue weighted by molar-refractivity contribution is 0.459. The van der Waals surface area contributed by atoms with Crippen molar-refractivity contribution in [1.82, 2.24) is 15.2 Å². The van der Waals surface area contributed by atoms with E-state index in [9.17, 15) is 0 Å². The quantitative estimate of drug-likeness (QED) is 0.774. The summed E-state index contributed by atoms with van der Waals surface area (Å²) < 4.78 is 5.74. The van der Waals surface area contributed by atoms with Crippen LogP contribution in [-0.2, 0) is 6.54 Å². The Balaban J connectivity index is 1.96. The van der Waals surface area contributed by atoms with Gasteiger partial charge in [-0.1, -0.05) is 6.07 Å². The fourth-order valence-electron chi connectivity index (χ4n) is 1.79. The van der Waals surface area contributed by atoms with Crippen molar-refractivity contribution in [2.24, 2.45) is 5.73 Å². The van der Waals surface area contributed by atoms with Crippen LogP contribution in [0.15, 0.2) is 48.7 Å². The zero-order chi connectivity index (χ0) is 13.1. The first-order valence-corrected chi connectivity index (χ1v) is 5.91. The monoisotopic (exact) mass is 252 g/mol. The molecule has 2 heterocycles. The molecule has 0 unspecified atom stereocenters. The van der Waals surface area contributed by atoms with Crippen LogP contribution in [-0.4, -0.2) is 15.2 Å². The second kappa shape index (κ2) is 4.99. The molecule has 0 spiro atoms. The smallest absolute Gasteiger partial charge is 0.238 e. The van der Waals surface area contributed by atoms with E-state index in [1.54, 1.807) is 18.3 Å². The fraction of sp³-hybridized carbons (Fsp3) is 0.0714. The highest BCUT2D eigenvalue weighted by molar-refractivity contribution is 5.85. The third-order valence-corrected chi connectivity index (χ3v) is 2.72. The highest BCUT2D eigenvalue weighted by atomic mass is 16.5. The maximum atomic E-state index is 5.74. The van der Waals surface area contributed by atoms with Gasteiger partial charge in [0.1, 0.15) is 5.75 Å². The Kier molecular flexibility index (Phi) is 3.04. The van der Waals surface area contributed by atoms with Gasteiger partial charge in [-0.25, -0.2) is 0 Å². The first-order chi connectivity index (χ1) is 9.36. The van der Waals surface area contributed by atoms with Gasteiger partial charge < -0.3 is 10.5 Å². The molecule has 1 aromatic carbocycles. The molecule has 0 bridgehead atoms. The van der Waals surface area contributed by atoms with Gasteiger partial charge in [0, 0.05) is 24.2 Å². The number of hydrogen-bond donors (Lipinski definition) is 1. The van der Waals surface area contributed by atoms with Gasteiger partial charge in [-0.15, -0.1) is 5.10 Å². The maximum absolute atomic E-state index is 5.74. The van der Waals surface area contributed by atoms with Crippen molar-refractivity contribution in [2.45, 2.75) is 6.54 Å². The lowest BCUT2D eigenvalue weighted by Gasteiger charge is -2.07. The van der Waals surface area contributed by atoms with E-state index in [-0.39, 0.29) is 0 Å². The number of nitrogens with zero attached hydrogens (tertiary/aromatic N) is 3. The predicted molar refractivity (Wildman–Crippen MR) is 71.7 cm³/mol. The topological polar surface area (TPSA) is 73.9 Å². The van der Waals surface area contributed by atoms with Crippen molar-refractivity contribution in [2.75, 3.05) is 0 Å². The van der Waals surface area contributed by atoms with Crippen LogP contribution in [0, 0.1) is 0 Å². The van der Waals surface area contributed by atoms with Gasteiger partial charge in [-0.2, -0.15) is 5.10 Å². The van der Waals surface area contributed by atoms with E-state index in [1.807, 2.05) is 30.3 Å². The van der Waals surface area contributed by atoms with E-state index < -0.39 is 0 Å². The van der Waals surface area contributed by atoms with Crippen molar-refractivity contribution in [1.29, 1.82) is 0 Å². The number of benzene rings is 1. The Hall–Kier alpha value is -2.53. The summed E-state index contributed by atoms with van der Waals surface area (Å²) in [5.41, 5.74) is 7.08. The number of nitrogens with two attached hydrogens (primary N) is 1. The number of hydrogen-bond acceptors (Lipinski definition) is 5. The summed E-state index contributed by atoms with van der Waals surface area (Å²) in [5, 5.41) is 8.88. The molecule has 0 aliphatic rings. The van der Waals surface area contributed by atoms with Crippen LogP contribution in [0.5, 0.6) is 11.6 Å². The molecule has 0 saturated heterocycles. The second-order valence-corrected chi connectivity index (χ2v) is 4.00. The number of rotatable bonds is 3. The SMILES string of the molecule is NCc1ccc(Oc2cccc3ncccc23)nn1. The van der Waals surface area contributed by atoms with Crippen LogP contribution in [0.2, 0.25) is 0 Å². The maximum Gasteiger partial charge on any atom is 0.238 e. The third-order valence-electron chi connectivity index (χ3n) is 2.72. The lowest BCUT2D eigenvalue weighted by atomic mass is 10.2. The molecule has 3 rings (SSSR count). The number of fused-ring (bicyclic) bond motifs is 1. The Morgan fingerprint density at radius 3 is 2.74 bits per heavy atom. The summed E-state index contributed by atoms with van der Waals surface area (Å²) in [5.74, 6) is 1.15. The van der Waals surface area contributed by atoms with Crippen LogP contribution in [0.4, 0.5) is 0 Å². The Morgan fingerprint density at radius 2 is 1.95 bits per heavy atom. The van der Waals surface area contributed by atoms with E-state index in [0.717, 1.165) is 16.6 Å². The summed E-state index contributed by atoms with van der Waals surface area (Å²) in [6.45, 7) is 0.367. The third kappa shape index (κ3) is 2.36. The van der Waals surface area contributed by atoms with Crippen molar-refractivity contribution in [3.8, 4) is 11.6 Å². The molecule has 19 heavy (non-hydrogen) atoms. The molecule has 0 aliphatic carbocycles. The van der Waals surface area contributed by atoms with Gasteiger partial charge in [0.25, 0.3) is 0 Å². The van der Waals surface area contributed by atoms with Crippen molar-refractivity contribution in [3.05, 3.63) is 54.4 Å². The molecule has 0 saturated carbocycles. The van der Waals surface area contributed by atoms with Crippen molar-refractivity contribution >= 4 is 10.9 Å². The van der Waals surface area contributed by atoms with Crippen LogP contribution in [0.25, 0.3) is 10.9 Å². The minimum absolute atomic E-state index is 0.367. The largest absolute Gasteiger partial charge is 0.437 e. The standard InChI is InChI=1S/C14H12N4O/c15-9-10-6-7-14(18-17-10)19-13-5-1-4-12-11(13)3-2-8-16-12/h1-8H,9,15H2. The molecular weight excluding hydrogens is 240 g/mol. The van der Waals surface area contributed by atoms with Crippen LogP contribution in [0.3, 0.4) is 0 Å². The van der Waals surface area contributed by atoms with E-state index in [1.165, 1.54) is 0 Å². The molecule has 2 N–H and O–H groups in total. The molecule has 5 nitrogen and oxygen atoms in total. The van der Waals surface area contributed by atoms with Gasteiger partial charge >= 0.3 is 0 Å². The minimum Gasteiger partial charge on any atom is -0.437 e. The van der Waals surface area contributed by atoms with Gasteiger partial charge in [-0.05, 0) is 30.3 Å². The second-order valence-electron chi connectivity index (χ2n) is 4.00. The molecule has 0 atom stereocenters. The first kappa shape index (κ1) is 11.6. The molecule has 2 aromatic heterocycles. The summed E-state index contributed by atoms with van der Waals surface area (Å²) in [6, 6.07) is 13.1. The molecule has 0 radical (unpaired) electrons. The van der Waals surface area contributed by atoms with E-state index in [4.69, 9.17) is 10.5 Å². The molecule has 0 aliphatic heterocycles. The van der Waals surface area contributed by atoms with E-state index in [0.29, 0.717) is 18.2 Å². The highest BCUT2D eigenvalue weighted by Gasteiger charge is 2.05. The summed E-state index contributed by atoms with van der Waals surface area (Å²) in [4.78, 5) is 4.28. The summed E-state index contributed by atoms with van der Waals surface area (Å²) in [7, 11) is 0. The van der Waals surface area contributed by atoms with Crippen LogP contribution < -0.4 is 10.5 Å². The zero-order valence-corrected chi connectivity index (χ0v) is 10.2. The molecule has 5 heteroatoms. The van der Waals surface area contributed by atoms with Crippen molar-refractivity contribution in [3.63, 3.8) is 0 Å². The number of pyridine rings is 1. The predicted octanol–water partition coefficient (Wildman–Crippen LogP) is 2.28. The molecule has 0 fully saturated rings. The minimum atomic E-state index is 0.367. The van der Waals surface area contributed by atoms with Gasteiger partial charge in [0.05, 0.1) is 11.2 Å². The first-order valence-electron chi connectivity index (χ1n) is 5.91. The Bertz CT molecular complexity index is 692. The van der Waals surface area contributed by atoms with Gasteiger partial charge in [-0.3, -0.25) is 4.98 Å². The molecule has 0 amide bonds. The van der Waals surface area contributed by atoms with Crippen LogP contribution in [0.1, 0.15) is 5.69 Å². The summed E-state index contributed by atoms with van der Waals surface area (Å²) >= 11 is 0.